The van der Waals surface area contributed by atoms with Crippen LogP contribution in [0.5, 0.6) is 0 Å². The van der Waals surface area contributed by atoms with Crippen molar-refractivity contribution in [1.82, 2.24) is 15.4 Å². The van der Waals surface area contributed by atoms with Crippen LogP contribution in [-0.4, -0.2) is 46.8 Å². The fourth-order valence-electron chi connectivity index (χ4n) is 2.47. The second kappa shape index (κ2) is 9.57. The van der Waals surface area contributed by atoms with E-state index in [9.17, 15) is 8.42 Å². The Morgan fingerprint density at radius 2 is 1.83 bits per heavy atom. The van der Waals surface area contributed by atoms with Crippen molar-refractivity contribution >= 4 is 40.0 Å². The molecular formula is C16H27IN4O2S. The van der Waals surface area contributed by atoms with Gasteiger partial charge in [-0.25, -0.2) is 13.1 Å². The van der Waals surface area contributed by atoms with E-state index in [0.717, 1.165) is 6.54 Å². The van der Waals surface area contributed by atoms with E-state index in [1.165, 1.54) is 18.4 Å². The molecule has 1 aromatic carbocycles. The standard InChI is InChI=1S/C16H26N4O2S.HI/c1-3-23(21,22)20-12-11-18-15(17-2)19-13-16(9-10-16)14-7-5-4-6-8-14;/h4-8,20H,3,9-13H2,1-2H3,(H2,17,18,19);1H. The van der Waals surface area contributed by atoms with Crippen molar-refractivity contribution in [2.75, 3.05) is 32.4 Å². The molecule has 0 bridgehead atoms. The number of nitrogens with zero attached hydrogens (tertiary/aromatic N) is 1. The molecule has 0 spiro atoms. The SMILES string of the molecule is CCS(=O)(=O)NCCNC(=NC)NCC1(c2ccccc2)CC1.I. The molecule has 1 aliphatic carbocycles. The van der Waals surface area contributed by atoms with Crippen molar-refractivity contribution in [2.45, 2.75) is 25.2 Å². The second-order valence-electron chi connectivity index (χ2n) is 5.80. The molecule has 24 heavy (non-hydrogen) atoms. The average molecular weight is 466 g/mol. The third kappa shape index (κ3) is 6.21. The van der Waals surface area contributed by atoms with E-state index in [0.29, 0.717) is 19.0 Å². The molecule has 0 saturated heterocycles. The Morgan fingerprint density at radius 3 is 2.38 bits per heavy atom. The van der Waals surface area contributed by atoms with Gasteiger partial charge in [-0.15, -0.1) is 24.0 Å². The molecule has 0 aliphatic heterocycles. The van der Waals surface area contributed by atoms with Crippen molar-refractivity contribution in [3.05, 3.63) is 35.9 Å². The zero-order valence-corrected chi connectivity index (χ0v) is 17.4. The van der Waals surface area contributed by atoms with E-state index in [1.807, 2.05) is 6.07 Å². The minimum atomic E-state index is -3.14. The summed E-state index contributed by atoms with van der Waals surface area (Å²) >= 11 is 0. The molecule has 8 heteroatoms. The van der Waals surface area contributed by atoms with Crippen LogP contribution in [-0.2, 0) is 15.4 Å². The van der Waals surface area contributed by atoms with Gasteiger partial charge < -0.3 is 10.6 Å². The fourth-order valence-corrected chi connectivity index (χ4v) is 3.09. The summed E-state index contributed by atoms with van der Waals surface area (Å²) in [5, 5.41) is 6.47. The fraction of sp³-hybridized carbons (Fsp3) is 0.562. The monoisotopic (exact) mass is 466 g/mol. The lowest BCUT2D eigenvalue weighted by Crippen LogP contribution is -2.44. The molecule has 0 radical (unpaired) electrons. The summed E-state index contributed by atoms with van der Waals surface area (Å²) in [6.07, 6.45) is 2.36. The maximum absolute atomic E-state index is 11.4. The summed E-state index contributed by atoms with van der Waals surface area (Å²) in [6, 6.07) is 10.5. The van der Waals surface area contributed by atoms with Crippen molar-refractivity contribution in [3.8, 4) is 0 Å². The summed E-state index contributed by atoms with van der Waals surface area (Å²) in [6.45, 7) is 3.30. The van der Waals surface area contributed by atoms with E-state index in [2.05, 4.69) is 44.6 Å². The summed E-state index contributed by atoms with van der Waals surface area (Å²) < 4.78 is 25.2. The van der Waals surface area contributed by atoms with E-state index in [-0.39, 0.29) is 35.1 Å². The molecule has 0 atom stereocenters. The van der Waals surface area contributed by atoms with E-state index >= 15 is 0 Å². The number of sulfonamides is 1. The second-order valence-corrected chi connectivity index (χ2v) is 7.89. The van der Waals surface area contributed by atoms with Crippen LogP contribution in [0.15, 0.2) is 35.3 Å². The van der Waals surface area contributed by atoms with Crippen LogP contribution in [0, 0.1) is 0 Å². The summed E-state index contributed by atoms with van der Waals surface area (Å²) in [5.41, 5.74) is 1.57. The molecule has 6 nitrogen and oxygen atoms in total. The molecule has 0 unspecified atom stereocenters. The predicted molar refractivity (Wildman–Crippen MR) is 110 cm³/mol. The van der Waals surface area contributed by atoms with Crippen molar-refractivity contribution in [3.63, 3.8) is 0 Å². The van der Waals surface area contributed by atoms with Crippen molar-refractivity contribution < 1.29 is 8.42 Å². The van der Waals surface area contributed by atoms with Crippen LogP contribution in [0.2, 0.25) is 0 Å². The first-order valence-corrected chi connectivity index (χ1v) is 9.64. The van der Waals surface area contributed by atoms with Crippen molar-refractivity contribution in [2.24, 2.45) is 4.99 Å². The Labute approximate surface area is 162 Å². The quantitative estimate of drug-likeness (QED) is 0.235. The summed E-state index contributed by atoms with van der Waals surface area (Å²) in [5.74, 6) is 0.794. The highest BCUT2D eigenvalue weighted by Crippen LogP contribution is 2.47. The van der Waals surface area contributed by atoms with Gasteiger partial charge in [0.25, 0.3) is 0 Å². The lowest BCUT2D eigenvalue weighted by molar-refractivity contribution is 0.581. The van der Waals surface area contributed by atoms with Crippen LogP contribution in [0.25, 0.3) is 0 Å². The molecular weight excluding hydrogens is 439 g/mol. The van der Waals surface area contributed by atoms with E-state index in [4.69, 9.17) is 0 Å². The van der Waals surface area contributed by atoms with Gasteiger partial charge in [-0.3, -0.25) is 4.99 Å². The van der Waals surface area contributed by atoms with Crippen LogP contribution in [0.3, 0.4) is 0 Å². The molecule has 1 saturated carbocycles. The molecule has 0 amide bonds. The Balaban J connectivity index is 0.00000288. The van der Waals surface area contributed by atoms with Gasteiger partial charge in [-0.1, -0.05) is 30.3 Å². The topological polar surface area (TPSA) is 82.6 Å². The highest BCUT2D eigenvalue weighted by molar-refractivity contribution is 14.0. The number of hydrogen-bond acceptors (Lipinski definition) is 3. The Bertz CT molecular complexity index is 631. The Morgan fingerprint density at radius 1 is 1.17 bits per heavy atom. The van der Waals surface area contributed by atoms with Gasteiger partial charge in [0.05, 0.1) is 5.75 Å². The van der Waals surface area contributed by atoms with Crippen LogP contribution < -0.4 is 15.4 Å². The number of rotatable bonds is 8. The maximum atomic E-state index is 11.4. The largest absolute Gasteiger partial charge is 0.356 e. The zero-order chi connectivity index (χ0) is 16.8. The maximum Gasteiger partial charge on any atom is 0.211 e. The lowest BCUT2D eigenvalue weighted by atomic mass is 9.96. The first-order valence-electron chi connectivity index (χ1n) is 7.99. The van der Waals surface area contributed by atoms with Gasteiger partial charge in [-0.05, 0) is 25.3 Å². The first kappa shape index (κ1) is 21.2. The molecule has 3 N–H and O–H groups in total. The number of aliphatic imine (C=N–C) groups is 1. The molecule has 0 aromatic heterocycles. The van der Waals surface area contributed by atoms with Gasteiger partial charge in [0, 0.05) is 32.1 Å². The molecule has 1 aliphatic rings. The molecule has 1 fully saturated rings. The third-order valence-electron chi connectivity index (χ3n) is 4.18. The van der Waals surface area contributed by atoms with Crippen molar-refractivity contribution in [1.29, 1.82) is 0 Å². The van der Waals surface area contributed by atoms with Gasteiger partial charge in [0.1, 0.15) is 0 Å². The smallest absolute Gasteiger partial charge is 0.211 e. The zero-order valence-electron chi connectivity index (χ0n) is 14.2. The van der Waals surface area contributed by atoms with Gasteiger partial charge in [0.2, 0.25) is 10.0 Å². The number of nitrogens with one attached hydrogen (secondary N) is 3. The number of guanidine groups is 1. The lowest BCUT2D eigenvalue weighted by Gasteiger charge is -2.19. The number of hydrogen-bond donors (Lipinski definition) is 3. The molecule has 136 valence electrons. The minimum Gasteiger partial charge on any atom is -0.356 e. The molecule has 2 rings (SSSR count). The highest BCUT2D eigenvalue weighted by atomic mass is 127. The van der Waals surface area contributed by atoms with E-state index in [1.54, 1.807) is 14.0 Å². The van der Waals surface area contributed by atoms with Crippen LogP contribution >= 0.6 is 24.0 Å². The van der Waals surface area contributed by atoms with Crippen LogP contribution in [0.4, 0.5) is 0 Å². The van der Waals surface area contributed by atoms with E-state index < -0.39 is 10.0 Å². The first-order chi connectivity index (χ1) is 11.0. The third-order valence-corrected chi connectivity index (χ3v) is 5.58. The molecule has 0 heterocycles. The number of halogens is 1. The van der Waals surface area contributed by atoms with Gasteiger partial charge in [0.15, 0.2) is 5.96 Å². The molecule has 1 aromatic rings. The van der Waals surface area contributed by atoms with Gasteiger partial charge in [-0.2, -0.15) is 0 Å². The van der Waals surface area contributed by atoms with Gasteiger partial charge >= 0.3 is 0 Å². The summed E-state index contributed by atoms with van der Waals surface area (Å²) in [7, 11) is -1.42. The Hall–Kier alpha value is -0.870. The average Bonchev–Trinajstić information content (AvgIpc) is 3.36. The Kier molecular flexibility index (Phi) is 8.44. The predicted octanol–water partition coefficient (Wildman–Crippen LogP) is 1.44. The summed E-state index contributed by atoms with van der Waals surface area (Å²) in [4.78, 5) is 4.18. The number of benzene rings is 1. The van der Waals surface area contributed by atoms with Crippen LogP contribution in [0.1, 0.15) is 25.3 Å². The highest BCUT2D eigenvalue weighted by Gasteiger charge is 2.43. The minimum absolute atomic E-state index is 0. The normalized spacial score (nSPS) is 16.2.